The molecule has 1 aromatic heterocycles. The number of hydrogen-bond donors (Lipinski definition) is 2. The Hall–Kier alpha value is -1.30. The molecule has 0 radical (unpaired) electrons. The Morgan fingerprint density at radius 1 is 1.36 bits per heavy atom. The second kappa shape index (κ2) is 7.31. The van der Waals surface area contributed by atoms with Gasteiger partial charge in [0.15, 0.2) is 0 Å². The van der Waals surface area contributed by atoms with Crippen LogP contribution in [0.3, 0.4) is 0 Å². The zero-order valence-electron chi connectivity index (χ0n) is 12.2. The van der Waals surface area contributed by atoms with Crippen LogP contribution in [-0.4, -0.2) is 10.9 Å². The van der Waals surface area contributed by atoms with Crippen molar-refractivity contribution in [2.45, 2.75) is 31.7 Å². The second-order valence-corrected chi connectivity index (χ2v) is 6.17. The molecule has 1 fully saturated rings. The van der Waals surface area contributed by atoms with E-state index in [2.05, 4.69) is 10.3 Å². The average molecular weight is 360 g/mol. The zero-order chi connectivity index (χ0) is 14.2. The maximum absolute atomic E-state index is 12.4. The predicted octanol–water partition coefficient (Wildman–Crippen LogP) is 3.69. The summed E-state index contributed by atoms with van der Waals surface area (Å²) in [5, 5.41) is 6.20. The number of nitrogens with two attached hydrogens (primary N) is 1. The molecule has 0 bridgehead atoms. The molecule has 7 heteroatoms. The van der Waals surface area contributed by atoms with Crippen LogP contribution in [0.25, 0.3) is 0 Å². The highest BCUT2D eigenvalue weighted by molar-refractivity contribution is 7.09. The van der Waals surface area contributed by atoms with Crippen LogP contribution in [0.4, 0.5) is 5.69 Å². The van der Waals surface area contributed by atoms with Gasteiger partial charge in [0.2, 0.25) is 0 Å². The van der Waals surface area contributed by atoms with Gasteiger partial charge in [0, 0.05) is 22.3 Å². The summed E-state index contributed by atoms with van der Waals surface area (Å²) in [6.07, 6.45) is 3.03. The molecule has 0 spiro atoms. The van der Waals surface area contributed by atoms with Gasteiger partial charge < -0.3 is 11.1 Å². The Labute approximate surface area is 146 Å². The number of carbonyl (C=O) groups is 1. The normalized spacial score (nSPS) is 15.0. The molecule has 0 unspecified atom stereocenters. The van der Waals surface area contributed by atoms with E-state index in [1.54, 1.807) is 35.6 Å². The molecule has 3 rings (SSSR count). The molecule has 0 atom stereocenters. The first-order valence-electron chi connectivity index (χ1n) is 6.70. The molecule has 0 aliphatic heterocycles. The molecule has 1 aliphatic rings. The van der Waals surface area contributed by atoms with Crippen molar-refractivity contribution < 1.29 is 4.79 Å². The van der Waals surface area contributed by atoms with Crippen LogP contribution in [-0.2, 0) is 5.54 Å². The minimum absolute atomic E-state index is 0. The molecule has 22 heavy (non-hydrogen) atoms. The number of halogens is 2. The van der Waals surface area contributed by atoms with Gasteiger partial charge in [0.25, 0.3) is 5.91 Å². The van der Waals surface area contributed by atoms with E-state index >= 15 is 0 Å². The summed E-state index contributed by atoms with van der Waals surface area (Å²) in [5.74, 6) is -0.0788. The Kier molecular flexibility index (Phi) is 6.23. The predicted molar refractivity (Wildman–Crippen MR) is 95.2 cm³/mol. The van der Waals surface area contributed by atoms with Crippen molar-refractivity contribution in [3.05, 3.63) is 45.9 Å². The SMILES string of the molecule is Cc1csc(C2(NC(=O)c3cccc(N)c3)CCC2)n1.Cl.Cl. The Balaban J connectivity index is 0.00000121. The monoisotopic (exact) mass is 359 g/mol. The van der Waals surface area contributed by atoms with Crippen LogP contribution in [0.5, 0.6) is 0 Å². The fraction of sp³-hybridized carbons (Fsp3) is 0.333. The summed E-state index contributed by atoms with van der Waals surface area (Å²) < 4.78 is 0. The van der Waals surface area contributed by atoms with Crippen molar-refractivity contribution in [3.8, 4) is 0 Å². The number of nitrogens with one attached hydrogen (secondary N) is 1. The number of benzene rings is 1. The van der Waals surface area contributed by atoms with Gasteiger partial charge in [-0.05, 0) is 44.4 Å². The number of carbonyl (C=O) groups excluding carboxylic acids is 1. The van der Waals surface area contributed by atoms with Crippen molar-refractivity contribution in [2.75, 3.05) is 5.73 Å². The molecule has 1 aromatic carbocycles. The van der Waals surface area contributed by atoms with Crippen LogP contribution in [0.2, 0.25) is 0 Å². The highest BCUT2D eigenvalue weighted by Gasteiger charge is 2.42. The first-order chi connectivity index (χ1) is 9.59. The molecule has 1 amide bonds. The Morgan fingerprint density at radius 3 is 2.59 bits per heavy atom. The summed E-state index contributed by atoms with van der Waals surface area (Å²) in [7, 11) is 0. The molecule has 0 saturated heterocycles. The summed E-state index contributed by atoms with van der Waals surface area (Å²) in [6, 6.07) is 7.06. The molecule has 3 N–H and O–H groups in total. The summed E-state index contributed by atoms with van der Waals surface area (Å²) >= 11 is 1.62. The van der Waals surface area contributed by atoms with Crippen LogP contribution < -0.4 is 11.1 Å². The number of anilines is 1. The molecule has 1 heterocycles. The molecule has 120 valence electrons. The van der Waals surface area contributed by atoms with Gasteiger partial charge in [-0.15, -0.1) is 36.2 Å². The molecule has 4 nitrogen and oxygen atoms in total. The number of nitrogens with zero attached hydrogens (tertiary/aromatic N) is 1. The third-order valence-corrected chi connectivity index (χ3v) is 4.90. The quantitative estimate of drug-likeness (QED) is 0.821. The number of hydrogen-bond acceptors (Lipinski definition) is 4. The smallest absolute Gasteiger partial charge is 0.252 e. The maximum atomic E-state index is 12.4. The third kappa shape index (κ3) is 3.54. The first kappa shape index (κ1) is 18.7. The van der Waals surface area contributed by atoms with Gasteiger partial charge in [-0.25, -0.2) is 4.98 Å². The van der Waals surface area contributed by atoms with Gasteiger partial charge in [-0.3, -0.25) is 4.79 Å². The fourth-order valence-corrected chi connectivity index (χ4v) is 3.48. The molecule has 1 saturated carbocycles. The standard InChI is InChI=1S/C15H17N3OS.2ClH/c1-10-9-20-14(17-10)15(6-3-7-15)18-13(19)11-4-2-5-12(16)8-11;;/h2,4-5,8-9H,3,6-7,16H2,1H3,(H,18,19);2*1H. The van der Waals surface area contributed by atoms with Crippen molar-refractivity contribution >= 4 is 47.7 Å². The fourth-order valence-electron chi connectivity index (χ4n) is 2.47. The Bertz CT molecular complexity index is 656. The highest BCUT2D eigenvalue weighted by Crippen LogP contribution is 2.42. The van der Waals surface area contributed by atoms with E-state index < -0.39 is 0 Å². The lowest BCUT2D eigenvalue weighted by Crippen LogP contribution is -2.50. The topological polar surface area (TPSA) is 68.0 Å². The van der Waals surface area contributed by atoms with Crippen LogP contribution in [0, 0.1) is 6.92 Å². The maximum Gasteiger partial charge on any atom is 0.252 e. The van der Waals surface area contributed by atoms with E-state index in [0.717, 1.165) is 30.0 Å². The molecular formula is C15H19Cl2N3OS. The van der Waals surface area contributed by atoms with Gasteiger partial charge >= 0.3 is 0 Å². The van der Waals surface area contributed by atoms with Crippen molar-refractivity contribution in [1.29, 1.82) is 0 Å². The summed E-state index contributed by atoms with van der Waals surface area (Å²) in [5.41, 5.74) is 7.67. The number of nitrogen functional groups attached to an aromatic ring is 1. The first-order valence-corrected chi connectivity index (χ1v) is 7.58. The van der Waals surface area contributed by atoms with E-state index in [4.69, 9.17) is 5.73 Å². The zero-order valence-corrected chi connectivity index (χ0v) is 14.6. The van der Waals surface area contributed by atoms with E-state index in [0.29, 0.717) is 11.3 Å². The van der Waals surface area contributed by atoms with E-state index in [-0.39, 0.29) is 36.3 Å². The van der Waals surface area contributed by atoms with E-state index in [9.17, 15) is 4.79 Å². The van der Waals surface area contributed by atoms with Crippen molar-refractivity contribution in [3.63, 3.8) is 0 Å². The van der Waals surface area contributed by atoms with Crippen molar-refractivity contribution in [2.24, 2.45) is 0 Å². The van der Waals surface area contributed by atoms with Crippen LogP contribution >= 0.6 is 36.2 Å². The van der Waals surface area contributed by atoms with Crippen LogP contribution in [0.15, 0.2) is 29.6 Å². The van der Waals surface area contributed by atoms with Crippen LogP contribution in [0.1, 0.15) is 40.3 Å². The van der Waals surface area contributed by atoms with Gasteiger partial charge in [0.05, 0.1) is 5.54 Å². The van der Waals surface area contributed by atoms with E-state index in [1.807, 2.05) is 12.3 Å². The van der Waals surface area contributed by atoms with E-state index in [1.165, 1.54) is 0 Å². The van der Waals surface area contributed by atoms with Crippen molar-refractivity contribution in [1.82, 2.24) is 10.3 Å². The van der Waals surface area contributed by atoms with Gasteiger partial charge in [-0.2, -0.15) is 0 Å². The number of thiazole rings is 1. The number of aryl methyl sites for hydroxylation is 1. The lowest BCUT2D eigenvalue weighted by atomic mass is 9.77. The summed E-state index contributed by atoms with van der Waals surface area (Å²) in [4.78, 5) is 16.9. The number of rotatable bonds is 3. The number of amides is 1. The Morgan fingerprint density at radius 2 is 2.09 bits per heavy atom. The number of aromatic nitrogens is 1. The molecule has 2 aromatic rings. The van der Waals surface area contributed by atoms with Gasteiger partial charge in [0.1, 0.15) is 5.01 Å². The lowest BCUT2D eigenvalue weighted by molar-refractivity contribution is 0.0822. The minimum atomic E-state index is -0.277. The highest BCUT2D eigenvalue weighted by atomic mass is 35.5. The molecule has 1 aliphatic carbocycles. The van der Waals surface area contributed by atoms with Gasteiger partial charge in [-0.1, -0.05) is 6.07 Å². The third-order valence-electron chi connectivity index (χ3n) is 3.74. The lowest BCUT2D eigenvalue weighted by Gasteiger charge is -2.40. The minimum Gasteiger partial charge on any atom is -0.399 e. The largest absolute Gasteiger partial charge is 0.399 e. The average Bonchev–Trinajstić information content (AvgIpc) is 2.80. The summed E-state index contributed by atoms with van der Waals surface area (Å²) in [6.45, 7) is 1.98. The second-order valence-electron chi connectivity index (χ2n) is 5.31. The molecular weight excluding hydrogens is 341 g/mol.